The van der Waals surface area contributed by atoms with E-state index < -0.39 is 24.5 Å². The van der Waals surface area contributed by atoms with Gasteiger partial charge in [0, 0.05) is 29.8 Å². The van der Waals surface area contributed by atoms with Crippen molar-refractivity contribution in [2.75, 3.05) is 0 Å². The molecule has 2 nitrogen and oxygen atoms in total. The molecule has 3 heterocycles. The molecule has 0 amide bonds. The molecule has 2 heteroatoms. The average Bonchev–Trinajstić information content (AvgIpc) is 3.01. The van der Waals surface area contributed by atoms with E-state index in [1.807, 2.05) is 49.4 Å². The summed E-state index contributed by atoms with van der Waals surface area (Å²) < 4.78 is 52.0. The summed E-state index contributed by atoms with van der Waals surface area (Å²) >= 11 is 0. The van der Waals surface area contributed by atoms with Crippen molar-refractivity contribution in [3.8, 4) is 0 Å². The minimum atomic E-state index is -2.31. The molecule has 0 radical (unpaired) electrons. The van der Waals surface area contributed by atoms with Gasteiger partial charge in [0.25, 0.3) is 0 Å². The number of pyridine rings is 1. The molecular formula is C23H24N2. The predicted molar refractivity (Wildman–Crippen MR) is 106 cm³/mol. The summed E-state index contributed by atoms with van der Waals surface area (Å²) in [5, 5.41) is 2.29. The minimum absolute atomic E-state index is 0.273. The third-order valence-corrected chi connectivity index (χ3v) is 6.29. The van der Waals surface area contributed by atoms with Gasteiger partial charge in [-0.2, -0.15) is 0 Å². The highest BCUT2D eigenvalue weighted by molar-refractivity contribution is 6.14. The van der Waals surface area contributed by atoms with Crippen LogP contribution in [0.1, 0.15) is 58.4 Å². The Kier molecular flexibility index (Phi) is 1.69. The molecule has 4 aromatic rings. The monoisotopic (exact) mass is 334 g/mol. The van der Waals surface area contributed by atoms with Crippen LogP contribution in [0.4, 0.5) is 0 Å². The quantitative estimate of drug-likeness (QED) is 0.370. The first-order valence-corrected chi connectivity index (χ1v) is 8.61. The standard InChI is InChI=1S/C23H24N2/c1-13-11-12-17-19-18(13)15-9-7-8-10-16(15)21-24-14(2)20(25(19)21)23(5,6)22(17,3)4/h7-12H,1-6H3/i1D3,5D3. The SMILES string of the molecule is [2H]C([2H])([2H])c1ccc2c3c1c1ccccc1c1nc(C)c(n13)C(C)(C([2H])([2H])[2H])C2(C)C. The highest BCUT2D eigenvalue weighted by atomic mass is 15.1. The average molecular weight is 334 g/mol. The first kappa shape index (κ1) is 9.96. The molecule has 0 N–H and O–H groups in total. The van der Waals surface area contributed by atoms with Crippen molar-refractivity contribution in [3.05, 3.63) is 58.9 Å². The minimum Gasteiger partial charge on any atom is -0.295 e. The van der Waals surface area contributed by atoms with Crippen LogP contribution in [0.15, 0.2) is 36.4 Å². The van der Waals surface area contributed by atoms with Gasteiger partial charge in [0.2, 0.25) is 0 Å². The number of hydrogen-bond donors (Lipinski definition) is 0. The lowest BCUT2D eigenvalue weighted by atomic mass is 9.60. The Morgan fingerprint density at radius 1 is 1.00 bits per heavy atom. The molecule has 25 heavy (non-hydrogen) atoms. The lowest BCUT2D eigenvalue weighted by Gasteiger charge is -2.46. The van der Waals surface area contributed by atoms with Crippen molar-refractivity contribution in [1.82, 2.24) is 9.38 Å². The van der Waals surface area contributed by atoms with Crippen LogP contribution in [0.2, 0.25) is 0 Å². The second kappa shape index (κ2) is 4.24. The van der Waals surface area contributed by atoms with E-state index in [2.05, 4.69) is 0 Å². The molecule has 0 saturated heterocycles. The Labute approximate surface area is 156 Å². The van der Waals surface area contributed by atoms with Crippen molar-refractivity contribution in [2.24, 2.45) is 0 Å². The maximum atomic E-state index is 8.52. The van der Waals surface area contributed by atoms with Crippen LogP contribution >= 0.6 is 0 Å². The predicted octanol–water partition coefficient (Wildman–Crippen LogP) is 5.83. The molecule has 0 saturated carbocycles. The fraction of sp³-hybridized carbons (Fsp3) is 0.348. The molecule has 1 unspecified atom stereocenters. The zero-order chi connectivity index (χ0) is 22.7. The van der Waals surface area contributed by atoms with E-state index in [1.54, 1.807) is 19.1 Å². The maximum Gasteiger partial charge on any atom is 0.145 e. The Hall–Kier alpha value is -2.35. The molecule has 0 fully saturated rings. The third kappa shape index (κ3) is 1.50. The zero-order valence-electron chi connectivity index (χ0n) is 20.9. The van der Waals surface area contributed by atoms with E-state index in [0.717, 1.165) is 21.9 Å². The molecule has 0 aliphatic carbocycles. The summed E-state index contributed by atoms with van der Waals surface area (Å²) in [6.45, 7) is 2.93. The van der Waals surface area contributed by atoms with Gasteiger partial charge in [-0.3, -0.25) is 4.40 Å². The summed E-state index contributed by atoms with van der Waals surface area (Å²) in [6, 6.07) is 11.1. The number of benzene rings is 2. The number of rotatable bonds is 0. The lowest BCUT2D eigenvalue weighted by molar-refractivity contribution is 0.287. The van der Waals surface area contributed by atoms with Crippen molar-refractivity contribution in [1.29, 1.82) is 0 Å². The fourth-order valence-electron chi connectivity index (χ4n) is 4.58. The first-order chi connectivity index (χ1) is 14.2. The number of nitrogens with zero attached hydrogens (tertiary/aromatic N) is 2. The Morgan fingerprint density at radius 3 is 2.48 bits per heavy atom. The Morgan fingerprint density at radius 2 is 1.76 bits per heavy atom. The Bertz CT molecular complexity index is 1410. The normalized spacial score (nSPS) is 26.2. The molecule has 2 aromatic carbocycles. The van der Waals surface area contributed by atoms with E-state index in [9.17, 15) is 0 Å². The summed E-state index contributed by atoms with van der Waals surface area (Å²) in [7, 11) is 0. The number of aryl methyl sites for hydroxylation is 2. The van der Waals surface area contributed by atoms with Gasteiger partial charge in [-0.15, -0.1) is 0 Å². The molecular weight excluding hydrogens is 304 g/mol. The van der Waals surface area contributed by atoms with Crippen LogP contribution in [-0.2, 0) is 10.8 Å². The maximum absolute atomic E-state index is 8.52. The largest absolute Gasteiger partial charge is 0.295 e. The Balaban J connectivity index is 2.20. The van der Waals surface area contributed by atoms with Crippen LogP contribution in [0.3, 0.4) is 0 Å². The highest BCUT2D eigenvalue weighted by Crippen LogP contribution is 2.52. The van der Waals surface area contributed by atoms with Gasteiger partial charge in [0.05, 0.1) is 16.9 Å². The van der Waals surface area contributed by atoms with E-state index in [0.29, 0.717) is 22.4 Å². The van der Waals surface area contributed by atoms with Gasteiger partial charge in [-0.05, 0) is 30.3 Å². The molecule has 1 aliphatic rings. The van der Waals surface area contributed by atoms with Crippen molar-refractivity contribution in [3.63, 3.8) is 0 Å². The number of aromatic nitrogens is 2. The van der Waals surface area contributed by atoms with E-state index >= 15 is 0 Å². The number of hydrogen-bond acceptors (Lipinski definition) is 1. The van der Waals surface area contributed by atoms with Gasteiger partial charge in [0.1, 0.15) is 5.65 Å². The fourth-order valence-corrected chi connectivity index (χ4v) is 4.58. The van der Waals surface area contributed by atoms with Gasteiger partial charge in [-0.1, -0.05) is 64.0 Å². The van der Waals surface area contributed by atoms with Crippen LogP contribution in [0, 0.1) is 13.8 Å². The lowest BCUT2D eigenvalue weighted by Crippen LogP contribution is -2.44. The summed E-state index contributed by atoms with van der Waals surface area (Å²) in [5.74, 6) is 0. The molecule has 5 rings (SSSR count). The molecule has 1 aliphatic heterocycles. The molecule has 2 aromatic heterocycles. The van der Waals surface area contributed by atoms with E-state index in [-0.39, 0.29) is 5.56 Å². The van der Waals surface area contributed by atoms with Crippen LogP contribution in [-0.4, -0.2) is 9.38 Å². The molecule has 126 valence electrons. The number of fused-ring (bicyclic) bond motifs is 3. The van der Waals surface area contributed by atoms with Gasteiger partial charge in [-0.25, -0.2) is 4.98 Å². The van der Waals surface area contributed by atoms with Crippen LogP contribution in [0.5, 0.6) is 0 Å². The molecule has 0 spiro atoms. The van der Waals surface area contributed by atoms with Gasteiger partial charge < -0.3 is 0 Å². The third-order valence-electron chi connectivity index (χ3n) is 6.29. The molecule has 1 atom stereocenters. The number of imidazole rings is 1. The second-order valence-electron chi connectivity index (χ2n) is 7.88. The topological polar surface area (TPSA) is 17.3 Å². The van der Waals surface area contributed by atoms with Crippen LogP contribution in [0.25, 0.3) is 27.3 Å². The first-order valence-electron chi connectivity index (χ1n) is 11.6. The zero-order valence-corrected chi connectivity index (χ0v) is 14.9. The van der Waals surface area contributed by atoms with Crippen molar-refractivity contribution >= 4 is 27.3 Å². The smallest absolute Gasteiger partial charge is 0.145 e. The summed E-state index contributed by atoms with van der Waals surface area (Å²) in [4.78, 5) is 4.83. The van der Waals surface area contributed by atoms with Gasteiger partial charge >= 0.3 is 0 Å². The second-order valence-corrected chi connectivity index (χ2v) is 7.88. The van der Waals surface area contributed by atoms with Crippen molar-refractivity contribution in [2.45, 2.75) is 52.2 Å². The van der Waals surface area contributed by atoms with Gasteiger partial charge in [0.15, 0.2) is 0 Å². The van der Waals surface area contributed by atoms with E-state index in [4.69, 9.17) is 13.2 Å². The van der Waals surface area contributed by atoms with Crippen molar-refractivity contribution < 1.29 is 8.22 Å². The summed E-state index contributed by atoms with van der Waals surface area (Å²) in [6.07, 6.45) is 0. The highest BCUT2D eigenvalue weighted by Gasteiger charge is 2.47. The molecule has 0 bridgehead atoms. The summed E-state index contributed by atoms with van der Waals surface area (Å²) in [5.41, 5.74) is 1.82. The van der Waals surface area contributed by atoms with Crippen LogP contribution < -0.4 is 0 Å². The van der Waals surface area contributed by atoms with E-state index in [1.165, 1.54) is 0 Å².